The van der Waals surface area contributed by atoms with Crippen LogP contribution in [0.1, 0.15) is 72.4 Å². The van der Waals surface area contributed by atoms with Crippen molar-refractivity contribution in [3.8, 4) is 0 Å². The molecule has 3 atom stereocenters. The summed E-state index contributed by atoms with van der Waals surface area (Å²) >= 11 is 0. The van der Waals surface area contributed by atoms with Crippen LogP contribution in [0.15, 0.2) is 10.6 Å². The lowest BCUT2D eigenvalue weighted by molar-refractivity contribution is -0.196. The molecule has 0 aliphatic carbocycles. The van der Waals surface area contributed by atoms with Crippen LogP contribution in [0.25, 0.3) is 0 Å². The number of piperidine rings is 1. The molecule has 1 aromatic heterocycles. The van der Waals surface area contributed by atoms with Crippen molar-refractivity contribution in [2.75, 3.05) is 31.3 Å². The first-order valence-corrected chi connectivity index (χ1v) is 16.1. The third kappa shape index (κ3) is 6.15. The number of hydrogen-bond donors (Lipinski definition) is 1. The van der Waals surface area contributed by atoms with Crippen LogP contribution >= 0.6 is 0 Å². The normalized spacial score (nSPS) is 23.7. The van der Waals surface area contributed by atoms with Crippen LogP contribution < -0.4 is 5.32 Å². The van der Waals surface area contributed by atoms with Gasteiger partial charge in [-0.1, -0.05) is 19.0 Å². The highest BCUT2D eigenvalue weighted by molar-refractivity contribution is 7.97. The van der Waals surface area contributed by atoms with E-state index in [9.17, 15) is 17.4 Å². The second-order valence-corrected chi connectivity index (χ2v) is 16.2. The van der Waals surface area contributed by atoms with Gasteiger partial charge in [0, 0.05) is 47.1 Å². The monoisotopic (exact) mass is 547 g/mol. The predicted octanol–water partition coefficient (Wildman–Crippen LogP) is 2.74. The Hall–Kier alpha value is -1.47. The van der Waals surface area contributed by atoms with Gasteiger partial charge in [-0.2, -0.15) is 0 Å². The fraction of sp³-hybridized carbons (Fsp3) is 0.792. The Morgan fingerprint density at radius 3 is 2.39 bits per heavy atom. The van der Waals surface area contributed by atoms with E-state index in [0.29, 0.717) is 38.2 Å². The van der Waals surface area contributed by atoms with Gasteiger partial charge in [0.05, 0.1) is 17.0 Å². The topological polar surface area (TPSA) is 128 Å². The smallest absolute Gasteiger partial charge is 0.247 e. The highest BCUT2D eigenvalue weighted by atomic mass is 32.2. The molecule has 1 N–H and O–H groups in total. The molecule has 12 heteroatoms. The van der Waals surface area contributed by atoms with Crippen molar-refractivity contribution in [1.29, 1.82) is 0 Å². The van der Waals surface area contributed by atoms with Gasteiger partial charge in [-0.3, -0.25) is 14.3 Å². The van der Waals surface area contributed by atoms with Crippen LogP contribution in [0.4, 0.5) is 5.88 Å². The Kier molecular flexibility index (Phi) is 8.66. The van der Waals surface area contributed by atoms with Crippen LogP contribution in [0.3, 0.4) is 0 Å². The van der Waals surface area contributed by atoms with Crippen molar-refractivity contribution >= 4 is 37.2 Å². The number of anilines is 1. The number of aromatic nitrogens is 1. The average molecular weight is 548 g/mol. The van der Waals surface area contributed by atoms with E-state index in [2.05, 4.69) is 16.3 Å². The van der Waals surface area contributed by atoms with E-state index in [4.69, 9.17) is 14.0 Å². The minimum absolute atomic E-state index is 0.0741. The number of nitrogens with zero attached hydrogens (tertiary/aromatic N) is 2. The van der Waals surface area contributed by atoms with Crippen LogP contribution in [0, 0.1) is 0 Å². The van der Waals surface area contributed by atoms with Crippen molar-refractivity contribution in [3.05, 3.63) is 11.8 Å². The molecule has 0 spiro atoms. The van der Waals surface area contributed by atoms with Crippen LogP contribution in [-0.4, -0.2) is 82.2 Å². The summed E-state index contributed by atoms with van der Waals surface area (Å²) in [5.74, 6) is 3.06. The standard InChI is InChI=1S/C24H41N3O7S2/c1-17(33-21-10-8-9-15-32-21)23(2,3)19-16-20(34-26-19)25-22(28)24(4,5)36(30,31)18-11-13-27(14-12-18)35(6,7)29/h16-18,21H,6,8-15H2,1-5,7H3,(H,25,28)/t17-,21?,35?/m0/s1. The lowest BCUT2D eigenvalue weighted by atomic mass is 9.84. The summed E-state index contributed by atoms with van der Waals surface area (Å²) in [6.07, 6.45) is 4.57. The SMILES string of the molecule is C=S(C)(=O)N1CCC(S(=O)(=O)C(C)(C)C(=O)Nc2cc(C(C)(C)[C@H](C)OC3CCCCO3)no2)CC1. The largest absolute Gasteiger partial charge is 0.353 e. The van der Waals surface area contributed by atoms with E-state index < -0.39 is 40.9 Å². The Morgan fingerprint density at radius 2 is 1.83 bits per heavy atom. The van der Waals surface area contributed by atoms with Crippen molar-refractivity contribution in [2.24, 2.45) is 0 Å². The molecule has 36 heavy (non-hydrogen) atoms. The van der Waals surface area contributed by atoms with Gasteiger partial charge in [0.1, 0.15) is 4.75 Å². The van der Waals surface area contributed by atoms with Crippen LogP contribution in [0.5, 0.6) is 0 Å². The number of ether oxygens (including phenoxy) is 2. The van der Waals surface area contributed by atoms with E-state index >= 15 is 0 Å². The fourth-order valence-electron chi connectivity index (χ4n) is 4.40. The predicted molar refractivity (Wildman–Crippen MR) is 141 cm³/mol. The zero-order chi connectivity index (χ0) is 26.9. The molecule has 2 unspecified atom stereocenters. The van der Waals surface area contributed by atoms with Gasteiger partial charge in [0.25, 0.3) is 0 Å². The maximum atomic E-state index is 13.4. The summed E-state index contributed by atoms with van der Waals surface area (Å²) in [7, 11) is -6.24. The van der Waals surface area contributed by atoms with Crippen molar-refractivity contribution in [2.45, 2.75) is 94.5 Å². The number of carbonyl (C=O) groups excluding carboxylic acids is 1. The molecular formula is C24H41N3O7S2. The van der Waals surface area contributed by atoms with Gasteiger partial charge in [0.2, 0.25) is 11.8 Å². The molecule has 1 aromatic rings. The van der Waals surface area contributed by atoms with E-state index in [1.54, 1.807) is 16.6 Å². The summed E-state index contributed by atoms with van der Waals surface area (Å²) in [6, 6.07) is 1.60. The van der Waals surface area contributed by atoms with E-state index in [0.717, 1.165) is 19.3 Å². The van der Waals surface area contributed by atoms with Crippen LogP contribution in [-0.2, 0) is 39.2 Å². The molecule has 3 rings (SSSR count). The lowest BCUT2D eigenvalue weighted by Crippen LogP contribution is -2.52. The first-order chi connectivity index (χ1) is 16.6. The maximum absolute atomic E-state index is 13.4. The molecular weight excluding hydrogens is 506 g/mol. The van der Waals surface area contributed by atoms with Gasteiger partial charge >= 0.3 is 0 Å². The average Bonchev–Trinajstić information content (AvgIpc) is 3.28. The third-order valence-corrected chi connectivity index (χ3v) is 12.0. The first-order valence-electron chi connectivity index (χ1n) is 12.4. The van der Waals surface area contributed by atoms with E-state index in [1.807, 2.05) is 20.8 Å². The van der Waals surface area contributed by atoms with Crippen molar-refractivity contribution < 1.29 is 31.4 Å². The molecule has 2 aliphatic heterocycles. The van der Waals surface area contributed by atoms with Crippen LogP contribution in [0.2, 0.25) is 0 Å². The molecule has 2 aliphatic rings. The van der Waals surface area contributed by atoms with Gasteiger partial charge in [-0.25, -0.2) is 12.7 Å². The first kappa shape index (κ1) is 29.1. The number of sulfone groups is 1. The maximum Gasteiger partial charge on any atom is 0.247 e. The number of rotatable bonds is 9. The second kappa shape index (κ2) is 10.7. The second-order valence-electron chi connectivity index (χ2n) is 11.0. The molecule has 0 aromatic carbocycles. The van der Waals surface area contributed by atoms with Crippen molar-refractivity contribution in [1.82, 2.24) is 9.46 Å². The zero-order valence-corrected chi connectivity index (χ0v) is 23.9. The molecule has 206 valence electrons. The Morgan fingerprint density at radius 1 is 1.19 bits per heavy atom. The molecule has 3 heterocycles. The minimum atomic E-state index is -3.85. The summed E-state index contributed by atoms with van der Waals surface area (Å²) in [5.41, 5.74) is 0.0279. The van der Waals surface area contributed by atoms with Gasteiger partial charge in [-0.05, 0) is 58.7 Å². The molecule has 1 amide bonds. The Labute approximate surface area is 215 Å². The van der Waals surface area contributed by atoms with Gasteiger partial charge < -0.3 is 14.0 Å². The Balaban J connectivity index is 1.66. The van der Waals surface area contributed by atoms with Crippen molar-refractivity contribution in [3.63, 3.8) is 0 Å². The number of carbonyl (C=O) groups is 1. The molecule has 0 saturated carbocycles. The molecule has 10 nitrogen and oxygen atoms in total. The van der Waals surface area contributed by atoms with E-state index in [-0.39, 0.29) is 18.3 Å². The highest BCUT2D eigenvalue weighted by Crippen LogP contribution is 2.33. The zero-order valence-electron chi connectivity index (χ0n) is 22.2. The summed E-state index contributed by atoms with van der Waals surface area (Å²) < 4.78 is 56.1. The van der Waals surface area contributed by atoms with E-state index in [1.165, 1.54) is 13.8 Å². The molecule has 0 bridgehead atoms. The minimum Gasteiger partial charge on any atom is -0.353 e. The number of amides is 1. The molecule has 0 radical (unpaired) electrons. The molecule has 2 fully saturated rings. The Bertz CT molecular complexity index is 1130. The summed E-state index contributed by atoms with van der Waals surface area (Å²) in [5, 5.41) is 6.01. The summed E-state index contributed by atoms with van der Waals surface area (Å²) in [4.78, 5) is 13.1. The van der Waals surface area contributed by atoms with Gasteiger partial charge in [-0.15, -0.1) is 0 Å². The van der Waals surface area contributed by atoms with Gasteiger partial charge in [0.15, 0.2) is 16.1 Å². The lowest BCUT2D eigenvalue weighted by Gasteiger charge is -2.35. The fourth-order valence-corrected chi connectivity index (χ4v) is 7.36. The molecule has 2 saturated heterocycles. The number of hydrogen-bond acceptors (Lipinski definition) is 8. The quantitative estimate of drug-likeness (QED) is 0.468. The third-order valence-electron chi connectivity index (χ3n) is 7.56. The number of nitrogens with one attached hydrogen (secondary N) is 1. The summed E-state index contributed by atoms with van der Waals surface area (Å²) in [6.45, 7) is 10.1. The highest BCUT2D eigenvalue weighted by Gasteiger charge is 2.47.